The highest BCUT2D eigenvalue weighted by molar-refractivity contribution is 7.92. The zero-order valence-corrected chi connectivity index (χ0v) is 14.0. The zero-order valence-electron chi connectivity index (χ0n) is 12.3. The van der Waals surface area contributed by atoms with Gasteiger partial charge < -0.3 is 0 Å². The lowest BCUT2D eigenvalue weighted by atomic mass is 10.1. The molecule has 0 aliphatic heterocycles. The molecule has 0 aliphatic carbocycles. The van der Waals surface area contributed by atoms with Crippen molar-refractivity contribution >= 4 is 36.7 Å². The molecule has 1 aromatic heterocycles. The second kappa shape index (κ2) is 5.70. The first-order chi connectivity index (χ1) is 10.4. The highest BCUT2D eigenvalue weighted by Gasteiger charge is 2.15. The van der Waals surface area contributed by atoms with E-state index < -0.39 is 10.0 Å². The average Bonchev–Trinajstić information content (AvgIpc) is 2.81. The summed E-state index contributed by atoms with van der Waals surface area (Å²) in [4.78, 5) is 4.41. The lowest BCUT2D eigenvalue weighted by Gasteiger charge is -2.04. The molecule has 4 nitrogen and oxygen atoms in total. The molecule has 0 fully saturated rings. The van der Waals surface area contributed by atoms with Gasteiger partial charge in [-0.05, 0) is 36.6 Å². The van der Waals surface area contributed by atoms with Crippen molar-refractivity contribution < 1.29 is 8.42 Å². The lowest BCUT2D eigenvalue weighted by Crippen LogP contribution is -2.14. The minimum Gasteiger partial charge on any atom is -0.258 e. The zero-order chi connectivity index (χ0) is 15.7. The van der Waals surface area contributed by atoms with Crippen molar-refractivity contribution in [3.8, 4) is 0 Å². The first-order valence-electron chi connectivity index (χ1n) is 6.85. The van der Waals surface area contributed by atoms with Crippen LogP contribution in [0.1, 0.15) is 16.7 Å². The number of rotatable bonds is 4. The number of aryl methyl sites for hydroxylation is 2. The fourth-order valence-corrected chi connectivity index (χ4v) is 4.83. The Bertz CT molecular complexity index is 916. The van der Waals surface area contributed by atoms with E-state index in [2.05, 4.69) is 9.71 Å². The van der Waals surface area contributed by atoms with Crippen molar-refractivity contribution in [2.75, 3.05) is 4.72 Å². The number of hydrogen-bond acceptors (Lipinski definition) is 4. The Kier molecular flexibility index (Phi) is 3.88. The summed E-state index contributed by atoms with van der Waals surface area (Å²) in [7, 11) is -3.46. The maximum atomic E-state index is 12.3. The summed E-state index contributed by atoms with van der Waals surface area (Å²) in [5, 5.41) is 0.416. The average molecular weight is 332 g/mol. The van der Waals surface area contributed by atoms with Crippen molar-refractivity contribution in [3.05, 3.63) is 59.2 Å². The van der Waals surface area contributed by atoms with Gasteiger partial charge in [0.05, 0.1) is 16.0 Å². The van der Waals surface area contributed by atoms with E-state index in [0.717, 1.165) is 26.9 Å². The van der Waals surface area contributed by atoms with Gasteiger partial charge in [-0.1, -0.05) is 47.7 Å². The molecule has 0 atom stereocenters. The van der Waals surface area contributed by atoms with Crippen LogP contribution >= 0.6 is 11.3 Å². The molecule has 2 aromatic carbocycles. The van der Waals surface area contributed by atoms with Crippen LogP contribution in [0.4, 0.5) is 5.13 Å². The number of nitrogens with zero attached hydrogens (tertiary/aromatic N) is 1. The van der Waals surface area contributed by atoms with Crippen molar-refractivity contribution in [1.29, 1.82) is 0 Å². The molecule has 22 heavy (non-hydrogen) atoms. The molecular formula is C16H16N2O2S2. The number of nitrogens with one attached hydrogen (secondary N) is 1. The smallest absolute Gasteiger partial charge is 0.238 e. The monoisotopic (exact) mass is 332 g/mol. The second-order valence-corrected chi connectivity index (χ2v) is 8.05. The number of benzene rings is 2. The number of hydrogen-bond donors (Lipinski definition) is 1. The van der Waals surface area contributed by atoms with Crippen LogP contribution in [-0.4, -0.2) is 13.4 Å². The second-order valence-electron chi connectivity index (χ2n) is 5.29. The summed E-state index contributed by atoms with van der Waals surface area (Å²) < 4.78 is 28.1. The molecule has 3 aromatic rings. The topological polar surface area (TPSA) is 59.1 Å². The van der Waals surface area contributed by atoms with Gasteiger partial charge in [0, 0.05) is 0 Å². The van der Waals surface area contributed by atoms with Crippen LogP contribution in [-0.2, 0) is 15.8 Å². The third-order valence-corrected chi connectivity index (χ3v) is 5.54. The molecule has 0 unspecified atom stereocenters. The van der Waals surface area contributed by atoms with Crippen LogP contribution in [0.2, 0.25) is 0 Å². The van der Waals surface area contributed by atoms with Gasteiger partial charge in [0.1, 0.15) is 0 Å². The Morgan fingerprint density at radius 3 is 2.59 bits per heavy atom. The molecule has 1 N–H and O–H groups in total. The quantitative estimate of drug-likeness (QED) is 0.789. The Morgan fingerprint density at radius 1 is 1.14 bits per heavy atom. The highest BCUT2D eigenvalue weighted by atomic mass is 32.2. The van der Waals surface area contributed by atoms with Crippen LogP contribution < -0.4 is 4.72 Å². The number of sulfonamides is 1. The molecule has 0 bridgehead atoms. The van der Waals surface area contributed by atoms with Gasteiger partial charge in [-0.3, -0.25) is 4.72 Å². The summed E-state index contributed by atoms with van der Waals surface area (Å²) in [6.45, 7) is 4.00. The Morgan fingerprint density at radius 2 is 1.86 bits per heavy atom. The Hall–Kier alpha value is -1.92. The number of aromatic nitrogens is 1. The summed E-state index contributed by atoms with van der Waals surface area (Å²) in [5.41, 5.74) is 3.81. The highest BCUT2D eigenvalue weighted by Crippen LogP contribution is 2.30. The molecule has 1 heterocycles. The van der Waals surface area contributed by atoms with Gasteiger partial charge in [-0.25, -0.2) is 13.4 Å². The molecular weight excluding hydrogens is 316 g/mol. The van der Waals surface area contributed by atoms with Crippen LogP contribution in [0.15, 0.2) is 42.5 Å². The van der Waals surface area contributed by atoms with Crippen LogP contribution in [0, 0.1) is 13.8 Å². The van der Waals surface area contributed by atoms with E-state index in [1.54, 1.807) is 12.1 Å². The van der Waals surface area contributed by atoms with Crippen molar-refractivity contribution in [2.24, 2.45) is 0 Å². The summed E-state index contributed by atoms with van der Waals surface area (Å²) >= 11 is 1.36. The summed E-state index contributed by atoms with van der Waals surface area (Å²) in [6, 6.07) is 13.2. The number of thiazole rings is 1. The van der Waals surface area contributed by atoms with E-state index in [4.69, 9.17) is 0 Å². The van der Waals surface area contributed by atoms with Crippen LogP contribution in [0.25, 0.3) is 10.2 Å². The van der Waals surface area contributed by atoms with Gasteiger partial charge in [0.15, 0.2) is 5.13 Å². The molecule has 0 saturated heterocycles. The van der Waals surface area contributed by atoms with E-state index >= 15 is 0 Å². The minimum absolute atomic E-state index is 0.0538. The molecule has 0 amide bonds. The SMILES string of the molecule is Cc1cc(C)c2nc(NS(=O)(=O)Cc3ccccc3)sc2c1. The predicted molar refractivity (Wildman–Crippen MR) is 91.8 cm³/mol. The van der Waals surface area contributed by atoms with Crippen molar-refractivity contribution in [2.45, 2.75) is 19.6 Å². The van der Waals surface area contributed by atoms with Gasteiger partial charge in [-0.15, -0.1) is 0 Å². The summed E-state index contributed by atoms with van der Waals surface area (Å²) in [6.07, 6.45) is 0. The molecule has 6 heteroatoms. The van der Waals surface area contributed by atoms with E-state index in [1.165, 1.54) is 11.3 Å². The maximum absolute atomic E-state index is 12.3. The van der Waals surface area contributed by atoms with Gasteiger partial charge in [0.25, 0.3) is 0 Å². The fraction of sp³-hybridized carbons (Fsp3) is 0.188. The molecule has 0 saturated carbocycles. The van der Waals surface area contributed by atoms with Crippen molar-refractivity contribution in [1.82, 2.24) is 4.98 Å². The molecule has 0 aliphatic rings. The first-order valence-corrected chi connectivity index (χ1v) is 9.32. The van der Waals surface area contributed by atoms with Crippen LogP contribution in [0.5, 0.6) is 0 Å². The number of fused-ring (bicyclic) bond motifs is 1. The van der Waals surface area contributed by atoms with Gasteiger partial charge in [-0.2, -0.15) is 0 Å². The Balaban J connectivity index is 1.87. The lowest BCUT2D eigenvalue weighted by molar-refractivity contribution is 0.600. The standard InChI is InChI=1S/C16H16N2O2S2/c1-11-8-12(2)15-14(9-11)21-16(17-15)18-22(19,20)10-13-6-4-3-5-7-13/h3-9H,10H2,1-2H3,(H,17,18). The normalized spacial score (nSPS) is 11.7. The van der Waals surface area contributed by atoms with Gasteiger partial charge in [0.2, 0.25) is 10.0 Å². The third kappa shape index (κ3) is 3.28. The van der Waals surface area contributed by atoms with Crippen molar-refractivity contribution in [3.63, 3.8) is 0 Å². The summed E-state index contributed by atoms with van der Waals surface area (Å²) in [5.74, 6) is -0.0538. The Labute approximate surface area is 133 Å². The fourth-order valence-electron chi connectivity index (χ4n) is 2.38. The number of anilines is 1. The maximum Gasteiger partial charge on any atom is 0.238 e. The van der Waals surface area contributed by atoms with E-state index in [1.807, 2.05) is 44.2 Å². The molecule has 0 radical (unpaired) electrons. The van der Waals surface area contributed by atoms with Gasteiger partial charge >= 0.3 is 0 Å². The van der Waals surface area contributed by atoms with Crippen LogP contribution in [0.3, 0.4) is 0 Å². The third-order valence-electron chi connectivity index (χ3n) is 3.27. The predicted octanol–water partition coefficient (Wildman–Crippen LogP) is 3.86. The first kappa shape index (κ1) is 15.0. The molecule has 0 spiro atoms. The molecule has 114 valence electrons. The molecule has 3 rings (SSSR count). The van der Waals surface area contributed by atoms with E-state index in [0.29, 0.717) is 5.13 Å². The largest absolute Gasteiger partial charge is 0.258 e. The van der Waals surface area contributed by atoms with E-state index in [-0.39, 0.29) is 5.75 Å². The minimum atomic E-state index is -3.46. The van der Waals surface area contributed by atoms with E-state index in [9.17, 15) is 8.42 Å².